The van der Waals surface area contributed by atoms with Crippen LogP contribution in [0.2, 0.25) is 0 Å². The normalized spacial score (nSPS) is 10.5. The highest BCUT2D eigenvalue weighted by atomic mass is 16.5. The Morgan fingerprint density at radius 1 is 1.26 bits per heavy atom. The third-order valence-corrected chi connectivity index (χ3v) is 2.55. The fourth-order valence-corrected chi connectivity index (χ4v) is 1.66. The molecule has 4 N–H and O–H groups in total. The number of aromatic amines is 1. The molecule has 0 saturated heterocycles. The molecular weight excluding hydrogens is 244 g/mol. The molecule has 96 valence electrons. The zero-order valence-corrected chi connectivity index (χ0v) is 10.00. The van der Waals surface area contributed by atoms with Gasteiger partial charge in [-0.25, -0.2) is 5.10 Å². The van der Waals surface area contributed by atoms with E-state index in [2.05, 4.69) is 25.7 Å². The number of anilines is 2. The monoisotopic (exact) mass is 256 g/mol. The summed E-state index contributed by atoms with van der Waals surface area (Å²) < 4.78 is 5.24. The van der Waals surface area contributed by atoms with E-state index < -0.39 is 0 Å². The molecule has 0 aliphatic rings. The quantitative estimate of drug-likeness (QED) is 0.655. The van der Waals surface area contributed by atoms with Crippen molar-refractivity contribution < 1.29 is 4.52 Å². The zero-order valence-electron chi connectivity index (χ0n) is 10.00. The summed E-state index contributed by atoms with van der Waals surface area (Å²) in [5.74, 6) is 1.39. The van der Waals surface area contributed by atoms with Crippen molar-refractivity contribution in [2.45, 2.75) is 6.54 Å². The largest absolute Gasteiger partial charge is 0.368 e. The van der Waals surface area contributed by atoms with Crippen molar-refractivity contribution in [3.63, 3.8) is 0 Å². The lowest BCUT2D eigenvalue weighted by Crippen LogP contribution is -1.99. The molecule has 1 aromatic carbocycles. The average molecular weight is 256 g/mol. The van der Waals surface area contributed by atoms with E-state index >= 15 is 0 Å². The maximum atomic E-state index is 5.42. The van der Waals surface area contributed by atoms with Gasteiger partial charge < -0.3 is 15.6 Å². The number of nitrogens with one attached hydrogen (secondary N) is 2. The first-order chi connectivity index (χ1) is 9.31. The molecule has 3 rings (SSSR count). The summed E-state index contributed by atoms with van der Waals surface area (Å²) in [6.45, 7) is 0.442. The zero-order chi connectivity index (χ0) is 13.1. The summed E-state index contributed by atoms with van der Waals surface area (Å²) in [5.41, 5.74) is 7.23. The molecule has 3 aromatic rings. The van der Waals surface area contributed by atoms with E-state index in [1.807, 2.05) is 36.4 Å². The SMILES string of the molecule is Nc1nc(NCc2cc(-c3ccccc3)no2)n[nH]1. The van der Waals surface area contributed by atoms with Crippen LogP contribution in [0.5, 0.6) is 0 Å². The average Bonchev–Trinajstić information content (AvgIpc) is 3.06. The summed E-state index contributed by atoms with van der Waals surface area (Å²) >= 11 is 0. The van der Waals surface area contributed by atoms with Gasteiger partial charge in [-0.2, -0.15) is 4.98 Å². The molecule has 0 spiro atoms. The summed E-state index contributed by atoms with van der Waals surface area (Å²) in [6.07, 6.45) is 0. The van der Waals surface area contributed by atoms with Crippen LogP contribution >= 0.6 is 0 Å². The Hall–Kier alpha value is -2.83. The number of hydrogen-bond donors (Lipinski definition) is 3. The third kappa shape index (κ3) is 2.54. The van der Waals surface area contributed by atoms with Crippen LogP contribution in [0.15, 0.2) is 40.9 Å². The molecule has 7 heteroatoms. The molecule has 0 bridgehead atoms. The fourth-order valence-electron chi connectivity index (χ4n) is 1.66. The van der Waals surface area contributed by atoms with Gasteiger partial charge in [0, 0.05) is 11.6 Å². The first-order valence-corrected chi connectivity index (χ1v) is 5.74. The van der Waals surface area contributed by atoms with Crippen LogP contribution in [0.25, 0.3) is 11.3 Å². The Bertz CT molecular complexity index is 660. The number of nitrogens with two attached hydrogens (primary N) is 1. The number of nitrogens with zero attached hydrogens (tertiary/aromatic N) is 3. The number of benzene rings is 1. The van der Waals surface area contributed by atoms with Crippen LogP contribution in [0, 0.1) is 0 Å². The van der Waals surface area contributed by atoms with Gasteiger partial charge >= 0.3 is 0 Å². The molecule has 0 saturated carbocycles. The van der Waals surface area contributed by atoms with Crippen LogP contribution in [-0.2, 0) is 6.54 Å². The van der Waals surface area contributed by atoms with Gasteiger partial charge in [-0.3, -0.25) is 0 Å². The minimum atomic E-state index is 0.269. The van der Waals surface area contributed by atoms with Crippen molar-refractivity contribution in [3.8, 4) is 11.3 Å². The summed E-state index contributed by atoms with van der Waals surface area (Å²) in [6, 6.07) is 11.7. The second-order valence-corrected chi connectivity index (χ2v) is 3.94. The smallest absolute Gasteiger partial charge is 0.244 e. The molecule has 0 aliphatic heterocycles. The molecule has 0 amide bonds. The first-order valence-electron chi connectivity index (χ1n) is 5.74. The highest BCUT2D eigenvalue weighted by molar-refractivity contribution is 5.58. The Morgan fingerprint density at radius 3 is 2.84 bits per heavy atom. The van der Waals surface area contributed by atoms with Crippen LogP contribution in [0.4, 0.5) is 11.9 Å². The number of H-pyrrole nitrogens is 1. The maximum absolute atomic E-state index is 5.42. The lowest BCUT2D eigenvalue weighted by atomic mass is 10.1. The van der Waals surface area contributed by atoms with E-state index in [0.717, 1.165) is 11.3 Å². The van der Waals surface area contributed by atoms with Gasteiger partial charge in [0.05, 0.1) is 6.54 Å². The second kappa shape index (κ2) is 4.81. The molecule has 0 aliphatic carbocycles. The molecular formula is C12H12N6O. The summed E-state index contributed by atoms with van der Waals surface area (Å²) in [4.78, 5) is 3.93. The molecule has 7 nitrogen and oxygen atoms in total. The topological polar surface area (TPSA) is 106 Å². The van der Waals surface area contributed by atoms with E-state index in [1.54, 1.807) is 0 Å². The molecule has 2 aromatic heterocycles. The minimum absolute atomic E-state index is 0.269. The highest BCUT2D eigenvalue weighted by Crippen LogP contribution is 2.18. The predicted molar refractivity (Wildman–Crippen MR) is 70.1 cm³/mol. The van der Waals surface area contributed by atoms with Crippen molar-refractivity contribution in [1.29, 1.82) is 0 Å². The van der Waals surface area contributed by atoms with Crippen molar-refractivity contribution >= 4 is 11.9 Å². The highest BCUT2D eigenvalue weighted by Gasteiger charge is 2.07. The summed E-state index contributed by atoms with van der Waals surface area (Å²) in [5, 5.41) is 13.4. The third-order valence-electron chi connectivity index (χ3n) is 2.55. The number of nitrogen functional groups attached to an aromatic ring is 1. The Labute approximate surface area is 108 Å². The maximum Gasteiger partial charge on any atom is 0.244 e. The number of aromatic nitrogens is 4. The lowest BCUT2D eigenvalue weighted by Gasteiger charge is -1.95. The Morgan fingerprint density at radius 2 is 2.11 bits per heavy atom. The van der Waals surface area contributed by atoms with Crippen LogP contribution in [0.3, 0.4) is 0 Å². The lowest BCUT2D eigenvalue weighted by molar-refractivity contribution is 0.390. The van der Waals surface area contributed by atoms with Crippen molar-refractivity contribution in [2.75, 3.05) is 11.1 Å². The molecule has 0 fully saturated rings. The van der Waals surface area contributed by atoms with Crippen LogP contribution in [-0.4, -0.2) is 20.3 Å². The van der Waals surface area contributed by atoms with Gasteiger partial charge in [0.1, 0.15) is 5.69 Å². The molecule has 0 atom stereocenters. The van der Waals surface area contributed by atoms with Crippen LogP contribution in [0.1, 0.15) is 5.76 Å². The van der Waals surface area contributed by atoms with E-state index in [9.17, 15) is 0 Å². The fraction of sp³-hybridized carbons (Fsp3) is 0.0833. The van der Waals surface area contributed by atoms with Gasteiger partial charge in [-0.05, 0) is 0 Å². The summed E-state index contributed by atoms with van der Waals surface area (Å²) in [7, 11) is 0. The Kier molecular flexibility index (Phi) is 2.85. The van der Waals surface area contributed by atoms with Crippen LogP contribution < -0.4 is 11.1 Å². The minimum Gasteiger partial charge on any atom is -0.368 e. The van der Waals surface area contributed by atoms with Crippen molar-refractivity contribution in [3.05, 3.63) is 42.2 Å². The number of rotatable bonds is 4. The van der Waals surface area contributed by atoms with Crippen molar-refractivity contribution in [1.82, 2.24) is 20.3 Å². The Balaban J connectivity index is 1.68. The molecule has 19 heavy (non-hydrogen) atoms. The van der Waals surface area contributed by atoms with E-state index in [1.165, 1.54) is 0 Å². The van der Waals surface area contributed by atoms with Gasteiger partial charge in [-0.1, -0.05) is 35.5 Å². The molecule has 2 heterocycles. The van der Waals surface area contributed by atoms with Gasteiger partial charge in [0.25, 0.3) is 0 Å². The van der Waals surface area contributed by atoms with E-state index in [0.29, 0.717) is 18.3 Å². The second-order valence-electron chi connectivity index (χ2n) is 3.94. The standard InChI is InChI=1S/C12H12N6O/c13-11-15-12(17-16-11)14-7-9-6-10(18-19-9)8-4-2-1-3-5-8/h1-6H,7H2,(H4,13,14,15,16,17). The van der Waals surface area contributed by atoms with E-state index in [4.69, 9.17) is 10.3 Å². The molecule has 0 unspecified atom stereocenters. The number of hydrogen-bond acceptors (Lipinski definition) is 6. The van der Waals surface area contributed by atoms with Gasteiger partial charge in [-0.15, -0.1) is 5.10 Å². The first kappa shape index (κ1) is 11.3. The molecule has 0 radical (unpaired) electrons. The van der Waals surface area contributed by atoms with E-state index in [-0.39, 0.29) is 5.95 Å². The van der Waals surface area contributed by atoms with Gasteiger partial charge in [0.15, 0.2) is 5.76 Å². The van der Waals surface area contributed by atoms with Gasteiger partial charge in [0.2, 0.25) is 11.9 Å². The predicted octanol–water partition coefficient (Wildman–Crippen LogP) is 1.65. The van der Waals surface area contributed by atoms with Crippen molar-refractivity contribution in [2.24, 2.45) is 0 Å².